The summed E-state index contributed by atoms with van der Waals surface area (Å²) >= 11 is 5.84. The third-order valence-electron chi connectivity index (χ3n) is 1.70. The second-order valence-corrected chi connectivity index (χ2v) is 2.92. The topological polar surface area (TPSA) is 56.7 Å². The van der Waals surface area contributed by atoms with Gasteiger partial charge in [0.05, 0.1) is 16.4 Å². The molecule has 0 atom stereocenters. The van der Waals surface area contributed by atoms with Gasteiger partial charge >= 0.3 is 0 Å². The molecule has 66 valence electrons. The van der Waals surface area contributed by atoms with Gasteiger partial charge in [-0.15, -0.1) is 0 Å². The van der Waals surface area contributed by atoms with Crippen molar-refractivity contribution in [2.45, 2.75) is 0 Å². The number of para-hydroxylation sites is 1. The number of nitrogens with zero attached hydrogens (tertiary/aromatic N) is 3. The maximum Gasteiger partial charge on any atom is 0.138 e. The van der Waals surface area contributed by atoms with E-state index in [1.54, 1.807) is 17.1 Å². The monoisotopic (exact) mass is 194 g/mol. The Kier molecular flexibility index (Phi) is 1.90. The minimum Gasteiger partial charge on any atom is -0.396 e. The van der Waals surface area contributed by atoms with Gasteiger partial charge in [-0.1, -0.05) is 17.7 Å². The van der Waals surface area contributed by atoms with Crippen molar-refractivity contribution in [3.8, 4) is 5.69 Å². The highest BCUT2D eigenvalue weighted by atomic mass is 35.5. The Hall–Kier alpha value is -1.55. The number of hydrogen-bond donors (Lipinski definition) is 1. The Labute approximate surface area is 80.0 Å². The molecule has 0 radical (unpaired) electrons. The number of aromatic nitrogens is 3. The zero-order valence-corrected chi connectivity index (χ0v) is 7.44. The normalized spacial score (nSPS) is 10.2. The Bertz CT molecular complexity index is 410. The van der Waals surface area contributed by atoms with Crippen LogP contribution in [-0.2, 0) is 0 Å². The highest BCUT2D eigenvalue weighted by Gasteiger charge is 2.04. The lowest BCUT2D eigenvalue weighted by molar-refractivity contribution is 0.881. The standard InChI is InChI=1S/C8H7ClN4/c9-6-2-1-3-7(8(6)10)13-5-11-4-12-13/h1-5H,10H2. The van der Waals surface area contributed by atoms with Crippen molar-refractivity contribution in [3.63, 3.8) is 0 Å². The minimum absolute atomic E-state index is 0.509. The van der Waals surface area contributed by atoms with Gasteiger partial charge in [0.25, 0.3) is 0 Å². The molecule has 0 amide bonds. The van der Waals surface area contributed by atoms with Gasteiger partial charge in [-0.3, -0.25) is 0 Å². The lowest BCUT2D eigenvalue weighted by Crippen LogP contribution is -2.00. The quantitative estimate of drug-likeness (QED) is 0.700. The van der Waals surface area contributed by atoms with Gasteiger partial charge in [0.15, 0.2) is 0 Å². The number of hydrogen-bond acceptors (Lipinski definition) is 3. The van der Waals surface area contributed by atoms with Crippen molar-refractivity contribution < 1.29 is 0 Å². The molecule has 13 heavy (non-hydrogen) atoms. The van der Waals surface area contributed by atoms with Crippen molar-refractivity contribution in [1.82, 2.24) is 14.8 Å². The van der Waals surface area contributed by atoms with Crippen LogP contribution in [0.2, 0.25) is 5.02 Å². The van der Waals surface area contributed by atoms with E-state index in [1.165, 1.54) is 6.33 Å². The number of nitrogens with two attached hydrogens (primary N) is 1. The summed E-state index contributed by atoms with van der Waals surface area (Å²) in [5.41, 5.74) is 7.00. The summed E-state index contributed by atoms with van der Waals surface area (Å²) in [6, 6.07) is 5.38. The van der Waals surface area contributed by atoms with E-state index in [0.717, 1.165) is 5.69 Å². The molecule has 2 rings (SSSR count). The molecule has 2 aromatic rings. The summed E-state index contributed by atoms with van der Waals surface area (Å²) in [6.45, 7) is 0. The van der Waals surface area contributed by atoms with E-state index in [-0.39, 0.29) is 0 Å². The van der Waals surface area contributed by atoms with E-state index in [0.29, 0.717) is 10.7 Å². The Balaban J connectivity index is 2.59. The van der Waals surface area contributed by atoms with Crippen molar-refractivity contribution in [2.24, 2.45) is 0 Å². The van der Waals surface area contributed by atoms with Crippen molar-refractivity contribution >= 4 is 17.3 Å². The lowest BCUT2D eigenvalue weighted by Gasteiger charge is -2.05. The molecule has 0 fully saturated rings. The summed E-state index contributed by atoms with van der Waals surface area (Å²) < 4.78 is 1.57. The zero-order valence-electron chi connectivity index (χ0n) is 6.68. The first kappa shape index (κ1) is 8.07. The lowest BCUT2D eigenvalue weighted by atomic mass is 10.3. The highest BCUT2D eigenvalue weighted by molar-refractivity contribution is 6.33. The molecule has 0 saturated heterocycles. The highest BCUT2D eigenvalue weighted by Crippen LogP contribution is 2.24. The number of anilines is 1. The first-order valence-electron chi connectivity index (χ1n) is 3.68. The first-order valence-corrected chi connectivity index (χ1v) is 4.06. The summed E-state index contributed by atoms with van der Waals surface area (Å²) in [5.74, 6) is 0. The van der Waals surface area contributed by atoms with E-state index in [2.05, 4.69) is 10.1 Å². The molecule has 4 nitrogen and oxygen atoms in total. The van der Waals surface area contributed by atoms with Crippen LogP contribution >= 0.6 is 11.6 Å². The van der Waals surface area contributed by atoms with Crippen LogP contribution < -0.4 is 5.73 Å². The molecule has 0 saturated carbocycles. The fourth-order valence-corrected chi connectivity index (χ4v) is 1.23. The molecule has 2 N–H and O–H groups in total. The van der Waals surface area contributed by atoms with Gasteiger partial charge in [0.2, 0.25) is 0 Å². The summed E-state index contributed by atoms with van der Waals surface area (Å²) in [6.07, 6.45) is 3.02. The van der Waals surface area contributed by atoms with Crippen LogP contribution in [0.4, 0.5) is 5.69 Å². The van der Waals surface area contributed by atoms with Crippen molar-refractivity contribution in [2.75, 3.05) is 5.73 Å². The number of halogens is 1. The molecule has 1 aromatic heterocycles. The van der Waals surface area contributed by atoms with Crippen LogP contribution in [-0.4, -0.2) is 14.8 Å². The van der Waals surface area contributed by atoms with Crippen molar-refractivity contribution in [1.29, 1.82) is 0 Å². The molecular weight excluding hydrogens is 188 g/mol. The number of rotatable bonds is 1. The van der Waals surface area contributed by atoms with Crippen LogP contribution in [0.25, 0.3) is 5.69 Å². The minimum atomic E-state index is 0.509. The smallest absolute Gasteiger partial charge is 0.138 e. The zero-order chi connectivity index (χ0) is 9.26. The van der Waals surface area contributed by atoms with E-state index in [4.69, 9.17) is 17.3 Å². The summed E-state index contributed by atoms with van der Waals surface area (Å²) in [7, 11) is 0. The second-order valence-electron chi connectivity index (χ2n) is 2.51. The molecule has 0 unspecified atom stereocenters. The van der Waals surface area contributed by atoms with Gasteiger partial charge in [-0.2, -0.15) is 5.10 Å². The maximum absolute atomic E-state index is 5.84. The van der Waals surface area contributed by atoms with E-state index in [9.17, 15) is 0 Å². The van der Waals surface area contributed by atoms with Crippen LogP contribution in [0.1, 0.15) is 0 Å². The molecular formula is C8H7ClN4. The predicted molar refractivity (Wildman–Crippen MR) is 50.8 cm³/mol. The van der Waals surface area contributed by atoms with Gasteiger partial charge in [0.1, 0.15) is 12.7 Å². The third-order valence-corrected chi connectivity index (χ3v) is 2.03. The van der Waals surface area contributed by atoms with Crippen LogP contribution in [0.3, 0.4) is 0 Å². The Morgan fingerprint density at radius 2 is 2.23 bits per heavy atom. The SMILES string of the molecule is Nc1c(Cl)cccc1-n1cncn1. The summed E-state index contributed by atoms with van der Waals surface area (Å²) in [4.78, 5) is 3.82. The van der Waals surface area contributed by atoms with Crippen LogP contribution in [0.15, 0.2) is 30.9 Å². The molecule has 0 spiro atoms. The third kappa shape index (κ3) is 1.36. The van der Waals surface area contributed by atoms with Gasteiger partial charge in [0, 0.05) is 0 Å². The van der Waals surface area contributed by atoms with Crippen LogP contribution in [0.5, 0.6) is 0 Å². The van der Waals surface area contributed by atoms with E-state index < -0.39 is 0 Å². The predicted octanol–water partition coefficient (Wildman–Crippen LogP) is 1.50. The fourth-order valence-electron chi connectivity index (χ4n) is 1.06. The molecule has 0 aliphatic rings. The maximum atomic E-state index is 5.84. The molecule has 1 heterocycles. The average Bonchev–Trinajstić information content (AvgIpc) is 2.62. The molecule has 5 heteroatoms. The van der Waals surface area contributed by atoms with Crippen LogP contribution in [0, 0.1) is 0 Å². The van der Waals surface area contributed by atoms with E-state index in [1.807, 2.05) is 12.1 Å². The van der Waals surface area contributed by atoms with Crippen molar-refractivity contribution in [3.05, 3.63) is 35.9 Å². The van der Waals surface area contributed by atoms with Gasteiger partial charge < -0.3 is 5.73 Å². The fraction of sp³-hybridized carbons (Fsp3) is 0. The molecule has 0 aliphatic heterocycles. The Morgan fingerprint density at radius 3 is 2.92 bits per heavy atom. The molecule has 1 aromatic carbocycles. The number of nitrogen functional groups attached to an aromatic ring is 1. The van der Waals surface area contributed by atoms with Gasteiger partial charge in [-0.25, -0.2) is 9.67 Å². The summed E-state index contributed by atoms with van der Waals surface area (Å²) in [5, 5.41) is 4.48. The first-order chi connectivity index (χ1) is 6.29. The van der Waals surface area contributed by atoms with E-state index >= 15 is 0 Å². The average molecular weight is 195 g/mol. The van der Waals surface area contributed by atoms with Gasteiger partial charge in [-0.05, 0) is 12.1 Å². The largest absolute Gasteiger partial charge is 0.396 e. The Morgan fingerprint density at radius 1 is 1.38 bits per heavy atom. The second kappa shape index (κ2) is 3.06. The number of benzene rings is 1. The molecule has 0 aliphatic carbocycles. The molecule has 0 bridgehead atoms.